The van der Waals surface area contributed by atoms with Gasteiger partial charge in [0.15, 0.2) is 24.8 Å². The average Bonchev–Trinajstić information content (AvgIpc) is 1.37. The maximum atomic E-state index is 8.70. The van der Waals surface area contributed by atoms with Gasteiger partial charge in [-0.3, -0.25) is 0 Å². The predicted octanol–water partition coefficient (Wildman–Crippen LogP) is 24.3. The normalized spacial score (nSPS) is 13.3. The zero-order valence-corrected chi connectivity index (χ0v) is 66.6. The predicted molar refractivity (Wildman–Crippen MR) is 443 cm³/mol. The van der Waals surface area contributed by atoms with Crippen LogP contribution in [0.4, 0.5) is 0 Å². The van der Waals surface area contributed by atoms with E-state index in [1.807, 2.05) is 94.9 Å². The van der Waals surface area contributed by atoms with Crippen LogP contribution in [0.1, 0.15) is 176 Å². The average molecular weight is 1380 g/mol. The molecule has 8 aromatic carbocycles. The first-order valence-electron chi connectivity index (χ1n) is 40.1. The largest absolute Gasteiger partial charge is 0.212 e. The Morgan fingerprint density at radius 2 is 0.683 bits per heavy atom. The Morgan fingerprint density at radius 3 is 1.09 bits per heavy atom. The van der Waals surface area contributed by atoms with Gasteiger partial charge in [0, 0.05) is 75.6 Å². The van der Waals surface area contributed by atoms with Crippen LogP contribution < -0.4 is 18.3 Å². The minimum Gasteiger partial charge on any atom is -0.201 e. The molecular weight excluding hydrogens is 1260 g/mol. The zero-order chi connectivity index (χ0) is 79.4. The Kier molecular flexibility index (Phi) is 22.8. The number of rotatable bonds is 13. The number of aryl methyl sites for hydroxylation is 15. The van der Waals surface area contributed by atoms with Crippen molar-refractivity contribution in [3.8, 4) is 89.5 Å². The molecule has 13 rings (SSSR count). The van der Waals surface area contributed by atoms with Crippen LogP contribution in [-0.2, 0) is 40.9 Å². The Balaban J connectivity index is 0.000000155. The van der Waals surface area contributed by atoms with E-state index in [9.17, 15) is 0 Å². The molecule has 12 aromatic rings. The fourth-order valence-corrected chi connectivity index (χ4v) is 14.9. The van der Waals surface area contributed by atoms with E-state index in [0.29, 0.717) is 0 Å². The molecule has 4 nitrogen and oxygen atoms in total. The summed E-state index contributed by atoms with van der Waals surface area (Å²) in [5.41, 5.74) is 36.7. The Bertz CT molecular complexity index is 5270. The van der Waals surface area contributed by atoms with Gasteiger partial charge in [0.25, 0.3) is 0 Å². The van der Waals surface area contributed by atoms with Crippen LogP contribution in [0, 0.1) is 87.5 Å². The molecule has 4 heterocycles. The molecule has 0 bridgehead atoms. The molecule has 0 N–H and O–H groups in total. The first kappa shape index (κ1) is 70.0. The fourth-order valence-electron chi connectivity index (χ4n) is 14.9. The molecule has 534 valence electrons. The monoisotopic (exact) mass is 1380 g/mol. The highest BCUT2D eigenvalue weighted by atomic mass is 14.9. The van der Waals surface area contributed by atoms with Crippen molar-refractivity contribution in [2.45, 2.75) is 175 Å². The van der Waals surface area contributed by atoms with Crippen LogP contribution in [0.15, 0.2) is 225 Å². The van der Waals surface area contributed by atoms with Crippen molar-refractivity contribution in [3.05, 3.63) is 308 Å². The Hall–Kier alpha value is -9.64. The summed E-state index contributed by atoms with van der Waals surface area (Å²) in [6.07, 6.45) is 11.1. The van der Waals surface area contributed by atoms with Crippen molar-refractivity contribution in [2.75, 3.05) is 0 Å². The zero-order valence-electron chi connectivity index (χ0n) is 71.6. The van der Waals surface area contributed by atoms with Gasteiger partial charge in [-0.2, -0.15) is 0 Å². The van der Waals surface area contributed by atoms with E-state index in [1.165, 1.54) is 148 Å². The lowest BCUT2D eigenvalue weighted by molar-refractivity contribution is -0.661. The highest BCUT2D eigenvalue weighted by molar-refractivity contribution is 5.78. The lowest BCUT2D eigenvalue weighted by Crippen LogP contribution is -2.32. The third kappa shape index (κ3) is 18.6. The molecule has 0 spiro atoms. The van der Waals surface area contributed by atoms with Crippen LogP contribution in [0.5, 0.6) is 0 Å². The van der Waals surface area contributed by atoms with Crippen molar-refractivity contribution in [3.63, 3.8) is 0 Å². The fraction of sp³-hybridized carbons (Fsp3) is 0.320. The molecule has 1 fully saturated rings. The summed E-state index contributed by atoms with van der Waals surface area (Å²) in [5, 5.41) is 0. The van der Waals surface area contributed by atoms with Crippen molar-refractivity contribution in [2.24, 2.45) is 39.5 Å². The molecule has 1 aliphatic rings. The maximum absolute atomic E-state index is 8.70. The van der Waals surface area contributed by atoms with Gasteiger partial charge >= 0.3 is 0 Å². The van der Waals surface area contributed by atoms with Crippen molar-refractivity contribution in [1.29, 1.82) is 0 Å². The van der Waals surface area contributed by atoms with Gasteiger partial charge in [-0.05, 0) is 255 Å². The first-order valence-corrected chi connectivity index (χ1v) is 37.6. The van der Waals surface area contributed by atoms with Gasteiger partial charge in [0.1, 0.15) is 28.2 Å². The number of hydrogen-bond acceptors (Lipinski definition) is 0. The summed E-state index contributed by atoms with van der Waals surface area (Å²) < 4.78 is 51.4. The molecule has 0 aliphatic heterocycles. The second kappa shape index (κ2) is 33.9. The molecule has 0 amide bonds. The SMILES string of the molecule is Cc1ccccc1-c1ccc(C)c(-c2cc(C)c(C3CCCC3)c[n+]2C)c1.[2H]C(C)(C)c1c[n+](C)c(-c2cc(-c3ccccc3)ccc2C)cc1C.[2H]C([2H])(c1c[n+](C)c(-c2cc(-c3ccccc3C)ccc2C)cc1C)C(C)(C)C.[2H]C([2H])(c1c[n+](C)c(-c2cc(-c3ccccc3C)ccc2C)cc1C)C(C)C. The van der Waals surface area contributed by atoms with Crippen LogP contribution in [0.2, 0.25) is 0 Å². The second-order valence-corrected chi connectivity index (χ2v) is 31.1. The van der Waals surface area contributed by atoms with Crippen LogP contribution in [0.25, 0.3) is 89.5 Å². The van der Waals surface area contributed by atoms with Gasteiger partial charge in [-0.1, -0.05) is 213 Å². The molecule has 0 saturated heterocycles. The van der Waals surface area contributed by atoms with Crippen LogP contribution in [0.3, 0.4) is 0 Å². The van der Waals surface area contributed by atoms with Gasteiger partial charge in [-0.15, -0.1) is 0 Å². The minimum atomic E-state index is -1.41. The lowest BCUT2D eigenvalue weighted by Gasteiger charge is -2.19. The molecule has 4 heteroatoms. The van der Waals surface area contributed by atoms with Gasteiger partial charge in [0.2, 0.25) is 22.8 Å². The number of benzene rings is 8. The Labute approximate surface area is 633 Å². The molecule has 0 atom stereocenters. The number of aromatic nitrogens is 4. The number of nitrogens with zero attached hydrogens (tertiary/aromatic N) is 4. The lowest BCUT2D eigenvalue weighted by atomic mass is 9.86. The summed E-state index contributed by atoms with van der Waals surface area (Å²) in [4.78, 5) is 0. The molecule has 104 heavy (non-hydrogen) atoms. The molecule has 1 saturated carbocycles. The van der Waals surface area contributed by atoms with Gasteiger partial charge in [0.05, 0.1) is 0 Å². The van der Waals surface area contributed by atoms with E-state index in [1.54, 1.807) is 5.56 Å². The van der Waals surface area contributed by atoms with Gasteiger partial charge < -0.3 is 0 Å². The van der Waals surface area contributed by atoms with E-state index in [4.69, 9.17) is 6.85 Å². The summed E-state index contributed by atoms with van der Waals surface area (Å²) in [6, 6.07) is 71.6. The molecule has 0 radical (unpaired) electrons. The van der Waals surface area contributed by atoms with E-state index in [-0.39, 0.29) is 5.92 Å². The minimum absolute atomic E-state index is 0.0804. The standard InChI is InChI=1S/C26H30N.C26H32N.C25H30N.C23H26N/c1-18-9-5-8-12-23(18)22-14-13-19(2)24(16-22)26-15-20(3)25(17-27(26)4)21-10-6-7-11-21;1-18-10-8-9-11-23(18)21-13-12-19(2)24(15-21)25-14-20(3)22(17-27(25)7)16-26(4,5)6;1-17(2)13-22-16-26(6)25(14-20(22)5)24-15-21(12-11-19(24)4)23-10-8-7-9-18(23)3;1-16(2)22-15-24(5)23(13-18(22)4)21-14-20(12-11-17(21)3)19-9-7-6-8-10-19/h5,8-9,12-17,21H,6-7,10-11H2,1-4H3;8-15,17H,16H2,1-7H3;7-12,14-17H,13H2,1-6H3;6-16H,1-5H3/q4*+1/i;16D2;13D2;16D. The number of hydrogen-bond donors (Lipinski definition) is 0. The van der Waals surface area contributed by atoms with E-state index < -0.39 is 24.1 Å². The second-order valence-electron chi connectivity index (χ2n) is 31.1. The van der Waals surface area contributed by atoms with Gasteiger partial charge in [-0.25, -0.2) is 18.3 Å². The van der Waals surface area contributed by atoms with Crippen LogP contribution >= 0.6 is 0 Å². The van der Waals surface area contributed by atoms with Crippen molar-refractivity contribution >= 4 is 0 Å². The number of pyridine rings is 4. The highest BCUT2D eigenvalue weighted by Gasteiger charge is 2.26. The summed E-state index contributed by atoms with van der Waals surface area (Å²) >= 11 is 0. The summed E-state index contributed by atoms with van der Waals surface area (Å²) in [6.45, 7) is 37.1. The molecule has 0 unspecified atom stereocenters. The molecule has 4 aromatic heterocycles. The quantitative estimate of drug-likeness (QED) is 0.102. The third-order valence-electron chi connectivity index (χ3n) is 20.8. The van der Waals surface area contributed by atoms with Crippen molar-refractivity contribution < 1.29 is 25.1 Å². The first-order chi connectivity index (χ1) is 51.4. The Morgan fingerprint density at radius 1 is 0.346 bits per heavy atom. The smallest absolute Gasteiger partial charge is 0.201 e. The van der Waals surface area contributed by atoms with E-state index in [2.05, 4.69) is 301 Å². The summed E-state index contributed by atoms with van der Waals surface area (Å²) in [5.74, 6) is 0.0780. The van der Waals surface area contributed by atoms with E-state index >= 15 is 0 Å². The molecule has 1 aliphatic carbocycles. The molecular formula is C100H118N4+4. The van der Waals surface area contributed by atoms with Crippen molar-refractivity contribution in [1.82, 2.24) is 0 Å². The van der Waals surface area contributed by atoms with Crippen LogP contribution in [-0.4, -0.2) is 0 Å². The van der Waals surface area contributed by atoms with E-state index in [0.717, 1.165) is 50.7 Å². The topological polar surface area (TPSA) is 15.5 Å². The summed E-state index contributed by atoms with van der Waals surface area (Å²) in [7, 11) is 8.29. The highest BCUT2D eigenvalue weighted by Crippen LogP contribution is 2.39. The maximum Gasteiger partial charge on any atom is 0.212 e. The third-order valence-corrected chi connectivity index (χ3v) is 20.8.